The van der Waals surface area contributed by atoms with Gasteiger partial charge in [0.05, 0.1) is 0 Å². The number of benzene rings is 1. The normalized spacial score (nSPS) is 11.5. The van der Waals surface area contributed by atoms with E-state index >= 15 is 0 Å². The lowest BCUT2D eigenvalue weighted by Crippen LogP contribution is -2.22. The number of nitrogens with zero attached hydrogens (tertiary/aromatic N) is 1. The lowest BCUT2D eigenvalue weighted by atomic mass is 10.2. The standard InChI is InChI=1S/C9H12ClN3/c1-6-7(10)4-3-5-8(6)13-9(11)12-2/h3-5H,1-2H3,(H3,11,12,13). The highest BCUT2D eigenvalue weighted by molar-refractivity contribution is 6.31. The van der Waals surface area contributed by atoms with Crippen LogP contribution in [0.4, 0.5) is 5.69 Å². The summed E-state index contributed by atoms with van der Waals surface area (Å²) >= 11 is 5.92. The molecule has 3 N–H and O–H groups in total. The fourth-order valence-electron chi connectivity index (χ4n) is 0.937. The maximum absolute atomic E-state index is 5.92. The smallest absolute Gasteiger partial charge is 0.192 e. The van der Waals surface area contributed by atoms with Crippen molar-refractivity contribution in [3.8, 4) is 0 Å². The van der Waals surface area contributed by atoms with Crippen LogP contribution in [0.5, 0.6) is 0 Å². The van der Waals surface area contributed by atoms with Gasteiger partial charge in [0.1, 0.15) is 0 Å². The lowest BCUT2D eigenvalue weighted by Gasteiger charge is -2.08. The fourth-order valence-corrected chi connectivity index (χ4v) is 1.11. The zero-order valence-corrected chi connectivity index (χ0v) is 8.39. The molecule has 0 bridgehead atoms. The van der Waals surface area contributed by atoms with Gasteiger partial charge in [0.25, 0.3) is 0 Å². The second kappa shape index (κ2) is 4.14. The first-order valence-electron chi connectivity index (χ1n) is 3.89. The summed E-state index contributed by atoms with van der Waals surface area (Å²) in [5.41, 5.74) is 7.37. The van der Waals surface area contributed by atoms with Gasteiger partial charge in [-0.3, -0.25) is 4.99 Å². The van der Waals surface area contributed by atoms with Crippen LogP contribution in [0, 0.1) is 6.92 Å². The molecule has 0 aliphatic heterocycles. The molecule has 0 amide bonds. The van der Waals surface area contributed by atoms with E-state index in [-0.39, 0.29) is 0 Å². The van der Waals surface area contributed by atoms with Gasteiger partial charge in [-0.2, -0.15) is 0 Å². The summed E-state index contributed by atoms with van der Waals surface area (Å²) in [4.78, 5) is 3.79. The molecule has 0 saturated heterocycles. The van der Waals surface area contributed by atoms with Crippen molar-refractivity contribution in [2.45, 2.75) is 6.92 Å². The Morgan fingerprint density at radius 1 is 1.54 bits per heavy atom. The second-order valence-electron chi connectivity index (χ2n) is 2.65. The number of hydrogen-bond donors (Lipinski definition) is 2. The molecule has 0 aromatic heterocycles. The van der Waals surface area contributed by atoms with Crippen LogP contribution in [-0.2, 0) is 0 Å². The van der Waals surface area contributed by atoms with Gasteiger partial charge in [-0.1, -0.05) is 17.7 Å². The maximum Gasteiger partial charge on any atom is 0.192 e. The van der Waals surface area contributed by atoms with Crippen molar-refractivity contribution in [1.29, 1.82) is 0 Å². The Morgan fingerprint density at radius 3 is 2.85 bits per heavy atom. The highest BCUT2D eigenvalue weighted by Gasteiger charge is 2.01. The van der Waals surface area contributed by atoms with E-state index in [2.05, 4.69) is 10.3 Å². The van der Waals surface area contributed by atoms with Crippen LogP contribution >= 0.6 is 11.6 Å². The molecule has 3 nitrogen and oxygen atoms in total. The number of halogens is 1. The minimum atomic E-state index is 0.380. The zero-order valence-electron chi connectivity index (χ0n) is 7.63. The van der Waals surface area contributed by atoms with Crippen molar-refractivity contribution in [3.63, 3.8) is 0 Å². The van der Waals surface area contributed by atoms with Crippen molar-refractivity contribution >= 4 is 23.2 Å². The van der Waals surface area contributed by atoms with Gasteiger partial charge in [-0.25, -0.2) is 0 Å². The van der Waals surface area contributed by atoms with Crippen molar-refractivity contribution in [1.82, 2.24) is 0 Å². The van der Waals surface area contributed by atoms with Crippen LogP contribution in [0.15, 0.2) is 23.2 Å². The Labute approximate surface area is 82.6 Å². The van der Waals surface area contributed by atoms with E-state index in [1.54, 1.807) is 7.05 Å². The Bertz CT molecular complexity index is 334. The van der Waals surface area contributed by atoms with Crippen molar-refractivity contribution < 1.29 is 0 Å². The molecule has 0 saturated carbocycles. The Balaban J connectivity index is 2.96. The summed E-state index contributed by atoms with van der Waals surface area (Å²) < 4.78 is 0. The highest BCUT2D eigenvalue weighted by atomic mass is 35.5. The number of guanidine groups is 1. The predicted molar refractivity (Wildman–Crippen MR) is 57.4 cm³/mol. The van der Waals surface area contributed by atoms with Crippen molar-refractivity contribution in [2.75, 3.05) is 12.4 Å². The molecule has 1 aromatic carbocycles. The summed E-state index contributed by atoms with van der Waals surface area (Å²) in [5.74, 6) is 0.380. The molecule has 4 heteroatoms. The van der Waals surface area contributed by atoms with E-state index in [0.717, 1.165) is 11.3 Å². The van der Waals surface area contributed by atoms with Gasteiger partial charge in [0, 0.05) is 17.8 Å². The van der Waals surface area contributed by atoms with E-state index in [4.69, 9.17) is 17.3 Å². The van der Waals surface area contributed by atoms with Crippen LogP contribution in [0.25, 0.3) is 0 Å². The van der Waals surface area contributed by atoms with E-state index in [0.29, 0.717) is 11.0 Å². The average molecular weight is 198 g/mol. The summed E-state index contributed by atoms with van der Waals surface area (Å²) in [6.07, 6.45) is 0. The molecule has 13 heavy (non-hydrogen) atoms. The topological polar surface area (TPSA) is 50.4 Å². The van der Waals surface area contributed by atoms with Crippen LogP contribution < -0.4 is 11.1 Å². The summed E-state index contributed by atoms with van der Waals surface area (Å²) in [5, 5.41) is 3.66. The van der Waals surface area contributed by atoms with Crippen molar-refractivity contribution in [2.24, 2.45) is 10.7 Å². The third-order valence-corrected chi connectivity index (χ3v) is 2.18. The van der Waals surface area contributed by atoms with Gasteiger partial charge >= 0.3 is 0 Å². The quantitative estimate of drug-likeness (QED) is 0.535. The van der Waals surface area contributed by atoms with Crippen LogP contribution in [0.3, 0.4) is 0 Å². The van der Waals surface area contributed by atoms with E-state index in [9.17, 15) is 0 Å². The monoisotopic (exact) mass is 197 g/mol. The molecular weight excluding hydrogens is 186 g/mol. The fraction of sp³-hybridized carbons (Fsp3) is 0.222. The van der Waals surface area contributed by atoms with Gasteiger partial charge in [-0.05, 0) is 24.6 Å². The summed E-state index contributed by atoms with van der Waals surface area (Å²) in [6.45, 7) is 1.92. The molecule has 0 heterocycles. The molecule has 0 radical (unpaired) electrons. The highest BCUT2D eigenvalue weighted by Crippen LogP contribution is 2.22. The first-order valence-corrected chi connectivity index (χ1v) is 4.27. The van der Waals surface area contributed by atoms with Gasteiger partial charge < -0.3 is 11.1 Å². The Kier molecular flexibility index (Phi) is 3.14. The van der Waals surface area contributed by atoms with Crippen LogP contribution in [0.2, 0.25) is 5.02 Å². The number of nitrogens with one attached hydrogen (secondary N) is 1. The second-order valence-corrected chi connectivity index (χ2v) is 3.05. The molecule has 0 aliphatic rings. The molecule has 0 unspecified atom stereocenters. The number of hydrogen-bond acceptors (Lipinski definition) is 1. The molecule has 0 fully saturated rings. The van der Waals surface area contributed by atoms with Gasteiger partial charge in [0.15, 0.2) is 5.96 Å². The maximum atomic E-state index is 5.92. The molecule has 0 atom stereocenters. The van der Waals surface area contributed by atoms with Gasteiger partial charge in [-0.15, -0.1) is 0 Å². The SMILES string of the molecule is CN=C(N)Nc1cccc(Cl)c1C. The third kappa shape index (κ3) is 2.36. The number of aliphatic imine (C=N–C) groups is 1. The number of nitrogens with two attached hydrogens (primary N) is 1. The molecular formula is C9H12ClN3. The van der Waals surface area contributed by atoms with Gasteiger partial charge in [0.2, 0.25) is 0 Å². The lowest BCUT2D eigenvalue weighted by molar-refractivity contribution is 1.36. The van der Waals surface area contributed by atoms with Crippen LogP contribution in [0.1, 0.15) is 5.56 Å². The Morgan fingerprint density at radius 2 is 2.23 bits per heavy atom. The average Bonchev–Trinajstić information content (AvgIpc) is 2.13. The largest absolute Gasteiger partial charge is 0.370 e. The Hall–Kier alpha value is -1.22. The molecule has 70 valence electrons. The van der Waals surface area contributed by atoms with E-state index in [1.165, 1.54) is 0 Å². The summed E-state index contributed by atoms with van der Waals surface area (Å²) in [7, 11) is 1.63. The number of anilines is 1. The van der Waals surface area contributed by atoms with E-state index < -0.39 is 0 Å². The molecule has 1 rings (SSSR count). The molecule has 0 aliphatic carbocycles. The van der Waals surface area contributed by atoms with E-state index in [1.807, 2.05) is 25.1 Å². The predicted octanol–water partition coefficient (Wildman–Crippen LogP) is 2.00. The first kappa shape index (κ1) is 9.86. The van der Waals surface area contributed by atoms with Crippen molar-refractivity contribution in [3.05, 3.63) is 28.8 Å². The zero-order chi connectivity index (χ0) is 9.84. The minimum absolute atomic E-state index is 0.380. The number of rotatable bonds is 1. The van der Waals surface area contributed by atoms with Crippen LogP contribution in [-0.4, -0.2) is 13.0 Å². The molecule has 0 spiro atoms. The molecule has 1 aromatic rings. The summed E-state index contributed by atoms with van der Waals surface area (Å²) in [6, 6.07) is 5.60. The minimum Gasteiger partial charge on any atom is -0.370 e. The third-order valence-electron chi connectivity index (χ3n) is 1.77. The first-order chi connectivity index (χ1) is 6.15.